The molecule has 1 aromatic rings. The summed E-state index contributed by atoms with van der Waals surface area (Å²) < 4.78 is 0. The molecule has 4 N–H and O–H groups in total. The first-order valence-corrected chi connectivity index (χ1v) is 9.58. The lowest BCUT2D eigenvalue weighted by atomic mass is 9.75. The standard InChI is InChI=1S/C12H19BN4O4.C3H6.2C2H6/c1-8(2)5-10(13(20)21)17-11(18)7-16-12(19)9-6-14-3-4-15-9;1-3-2;2*1-2/h3-4,6,8,10,20-21H,5,7H2,1-2H3,(H,16,19)(H,17,18);3H,1H2,2H3;2*1-2H3/t10-;;;/m0.../s1. The van der Waals surface area contributed by atoms with Gasteiger partial charge in [-0.15, -0.1) is 6.58 Å². The number of hydrogen-bond acceptors (Lipinski definition) is 6. The molecule has 0 aliphatic rings. The SMILES string of the molecule is C=CC.CC.CC.CC(C)C[C@H](NC(=O)CNC(=O)c1cnccn1)B(O)O. The molecule has 0 saturated heterocycles. The third-order valence-electron chi connectivity index (χ3n) is 2.64. The predicted octanol–water partition coefficient (Wildman–Crippen LogP) is 1.99. The Morgan fingerprint density at radius 3 is 2.14 bits per heavy atom. The highest BCUT2D eigenvalue weighted by molar-refractivity contribution is 6.43. The summed E-state index contributed by atoms with van der Waals surface area (Å²) in [7, 11) is -1.65. The smallest absolute Gasteiger partial charge is 0.426 e. The molecule has 8 nitrogen and oxygen atoms in total. The maximum atomic E-state index is 11.7. The fourth-order valence-corrected chi connectivity index (χ4v) is 1.69. The zero-order valence-corrected chi connectivity index (χ0v) is 18.3. The molecule has 9 heteroatoms. The molecule has 1 aromatic heterocycles. The van der Waals surface area contributed by atoms with Crippen molar-refractivity contribution in [3.8, 4) is 0 Å². The highest BCUT2D eigenvalue weighted by Crippen LogP contribution is 2.05. The van der Waals surface area contributed by atoms with Gasteiger partial charge in [0, 0.05) is 12.4 Å². The summed E-state index contributed by atoms with van der Waals surface area (Å²) in [6.07, 6.45) is 6.26. The molecule has 0 bridgehead atoms. The molecular weight excluding hydrogens is 359 g/mol. The molecule has 0 aliphatic carbocycles. The first-order valence-electron chi connectivity index (χ1n) is 9.58. The molecule has 0 aliphatic heterocycles. The Hall–Kier alpha value is -2.26. The van der Waals surface area contributed by atoms with Crippen molar-refractivity contribution in [1.29, 1.82) is 0 Å². The lowest BCUT2D eigenvalue weighted by Gasteiger charge is -2.19. The number of allylic oxidation sites excluding steroid dienone is 1. The topological polar surface area (TPSA) is 124 Å². The zero-order valence-electron chi connectivity index (χ0n) is 18.3. The zero-order chi connectivity index (χ0) is 22.5. The Bertz CT molecular complexity index is 514. The molecule has 28 heavy (non-hydrogen) atoms. The van der Waals surface area contributed by atoms with Crippen molar-refractivity contribution in [3.63, 3.8) is 0 Å². The predicted molar refractivity (Wildman–Crippen MR) is 115 cm³/mol. The summed E-state index contributed by atoms with van der Waals surface area (Å²) in [6.45, 7) is 16.8. The van der Waals surface area contributed by atoms with Crippen LogP contribution in [0, 0.1) is 5.92 Å². The molecule has 0 spiro atoms. The average Bonchev–Trinajstić information content (AvgIpc) is 2.69. The van der Waals surface area contributed by atoms with E-state index in [0.717, 1.165) is 0 Å². The molecule has 0 aromatic carbocycles. The fourth-order valence-electron chi connectivity index (χ4n) is 1.69. The van der Waals surface area contributed by atoms with Gasteiger partial charge in [-0.05, 0) is 19.3 Å². The van der Waals surface area contributed by atoms with Crippen LogP contribution in [0.1, 0.15) is 65.4 Å². The quantitative estimate of drug-likeness (QED) is 0.413. The first-order chi connectivity index (χ1) is 13.3. The minimum Gasteiger partial charge on any atom is -0.426 e. The van der Waals surface area contributed by atoms with Gasteiger partial charge in [0.25, 0.3) is 5.91 Å². The van der Waals surface area contributed by atoms with Crippen molar-refractivity contribution in [2.45, 2.75) is 60.8 Å². The molecule has 0 unspecified atom stereocenters. The van der Waals surface area contributed by atoms with Crippen LogP contribution in [0.4, 0.5) is 0 Å². The molecule has 0 saturated carbocycles. The van der Waals surface area contributed by atoms with Crippen LogP contribution >= 0.6 is 0 Å². The van der Waals surface area contributed by atoms with Crippen molar-refractivity contribution in [3.05, 3.63) is 36.9 Å². The summed E-state index contributed by atoms with van der Waals surface area (Å²) in [4.78, 5) is 30.9. The number of nitrogens with zero attached hydrogens (tertiary/aromatic N) is 2. The monoisotopic (exact) mass is 396 g/mol. The van der Waals surface area contributed by atoms with Crippen LogP contribution in [0.15, 0.2) is 31.2 Å². The molecule has 1 atom stereocenters. The van der Waals surface area contributed by atoms with Crippen LogP contribution in [0.2, 0.25) is 0 Å². The van der Waals surface area contributed by atoms with E-state index in [1.165, 1.54) is 18.6 Å². The normalized spacial score (nSPS) is 9.79. The molecule has 2 amide bonds. The Kier molecular flexibility index (Phi) is 22.9. The minimum atomic E-state index is -1.65. The first kappa shape index (κ1) is 30.5. The summed E-state index contributed by atoms with van der Waals surface area (Å²) in [5.41, 5.74) is 0.103. The van der Waals surface area contributed by atoms with Gasteiger partial charge in [0.2, 0.25) is 5.91 Å². The number of aromatic nitrogens is 2. The van der Waals surface area contributed by atoms with Crippen molar-refractivity contribution in [2.24, 2.45) is 5.92 Å². The van der Waals surface area contributed by atoms with E-state index in [4.69, 9.17) is 0 Å². The molecule has 0 radical (unpaired) electrons. The fraction of sp³-hybridized carbons (Fsp3) is 0.579. The van der Waals surface area contributed by atoms with E-state index >= 15 is 0 Å². The Morgan fingerprint density at radius 1 is 1.21 bits per heavy atom. The molecule has 1 rings (SSSR count). The Balaban J connectivity index is -0.000000789. The van der Waals surface area contributed by atoms with E-state index in [1.807, 2.05) is 48.5 Å². The number of nitrogens with one attached hydrogen (secondary N) is 2. The second-order valence-electron chi connectivity index (χ2n) is 5.40. The lowest BCUT2D eigenvalue weighted by Crippen LogP contribution is -2.50. The summed E-state index contributed by atoms with van der Waals surface area (Å²) in [5, 5.41) is 23.2. The van der Waals surface area contributed by atoms with E-state index in [2.05, 4.69) is 27.2 Å². The highest BCUT2D eigenvalue weighted by atomic mass is 16.4. The summed E-state index contributed by atoms with van der Waals surface area (Å²) in [5.74, 6) is -1.62. The molecule has 1 heterocycles. The highest BCUT2D eigenvalue weighted by Gasteiger charge is 2.26. The second-order valence-corrected chi connectivity index (χ2v) is 5.40. The Labute approximate surface area is 170 Å². The van der Waals surface area contributed by atoms with Crippen LogP contribution in [-0.2, 0) is 4.79 Å². The number of carbonyl (C=O) groups is 2. The van der Waals surface area contributed by atoms with Crippen LogP contribution in [0.5, 0.6) is 0 Å². The van der Waals surface area contributed by atoms with Crippen LogP contribution in [-0.4, -0.2) is 51.4 Å². The van der Waals surface area contributed by atoms with Gasteiger partial charge in [0.15, 0.2) is 0 Å². The molecular formula is C19H37BN4O4. The third kappa shape index (κ3) is 17.2. The van der Waals surface area contributed by atoms with Crippen molar-refractivity contribution in [2.75, 3.05) is 6.54 Å². The Morgan fingerprint density at radius 2 is 1.75 bits per heavy atom. The summed E-state index contributed by atoms with van der Waals surface area (Å²) in [6, 6.07) is 0. The maximum Gasteiger partial charge on any atom is 0.475 e. The van der Waals surface area contributed by atoms with Crippen molar-refractivity contribution in [1.82, 2.24) is 20.6 Å². The van der Waals surface area contributed by atoms with Crippen molar-refractivity contribution >= 4 is 18.9 Å². The summed E-state index contributed by atoms with van der Waals surface area (Å²) >= 11 is 0. The van der Waals surface area contributed by atoms with Gasteiger partial charge in [-0.3, -0.25) is 14.6 Å². The molecule has 0 fully saturated rings. The van der Waals surface area contributed by atoms with Gasteiger partial charge in [0.1, 0.15) is 5.69 Å². The number of hydrogen-bond donors (Lipinski definition) is 4. The van der Waals surface area contributed by atoms with Gasteiger partial charge in [0.05, 0.1) is 18.7 Å². The van der Waals surface area contributed by atoms with Crippen LogP contribution < -0.4 is 10.6 Å². The minimum absolute atomic E-state index is 0.103. The lowest BCUT2D eigenvalue weighted by molar-refractivity contribution is -0.120. The maximum absolute atomic E-state index is 11.7. The van der Waals surface area contributed by atoms with Gasteiger partial charge < -0.3 is 20.7 Å². The van der Waals surface area contributed by atoms with Gasteiger partial charge in [-0.25, -0.2) is 4.98 Å². The van der Waals surface area contributed by atoms with Gasteiger partial charge >= 0.3 is 7.12 Å². The number of amides is 2. The van der Waals surface area contributed by atoms with E-state index < -0.39 is 24.9 Å². The van der Waals surface area contributed by atoms with E-state index in [-0.39, 0.29) is 18.2 Å². The average molecular weight is 396 g/mol. The van der Waals surface area contributed by atoms with Gasteiger partial charge in [-0.2, -0.15) is 0 Å². The van der Waals surface area contributed by atoms with Gasteiger partial charge in [-0.1, -0.05) is 47.6 Å². The number of rotatable bonds is 7. The second kappa shape index (κ2) is 21.0. The van der Waals surface area contributed by atoms with E-state index in [0.29, 0.717) is 6.42 Å². The number of carbonyl (C=O) groups excluding carboxylic acids is 2. The van der Waals surface area contributed by atoms with E-state index in [1.54, 1.807) is 6.08 Å². The van der Waals surface area contributed by atoms with Crippen molar-refractivity contribution < 1.29 is 19.6 Å². The van der Waals surface area contributed by atoms with Crippen LogP contribution in [0.3, 0.4) is 0 Å². The van der Waals surface area contributed by atoms with Crippen LogP contribution in [0.25, 0.3) is 0 Å². The van der Waals surface area contributed by atoms with E-state index in [9.17, 15) is 19.6 Å². The largest absolute Gasteiger partial charge is 0.475 e. The third-order valence-corrected chi connectivity index (χ3v) is 2.64. The molecule has 160 valence electrons.